The van der Waals surface area contributed by atoms with E-state index in [1.54, 1.807) is 21.6 Å². The number of aliphatic hydroxyl groups excluding tert-OH is 1. The van der Waals surface area contributed by atoms with Crippen LogP contribution in [0.1, 0.15) is 48.0 Å². The molecular weight excluding hydrogens is 548 g/mol. The average molecular weight is 595 g/mol. The summed E-state index contributed by atoms with van der Waals surface area (Å²) in [6.45, 7) is 15.3. The molecule has 4 heterocycles. The predicted molar refractivity (Wildman–Crippen MR) is 170 cm³/mol. The van der Waals surface area contributed by atoms with Crippen LogP contribution in [0.2, 0.25) is 0 Å². The van der Waals surface area contributed by atoms with Crippen LogP contribution >= 0.6 is 11.8 Å². The van der Waals surface area contributed by atoms with Gasteiger partial charge in [0.15, 0.2) is 0 Å². The summed E-state index contributed by atoms with van der Waals surface area (Å²) >= 11 is 1.59. The lowest BCUT2D eigenvalue weighted by Gasteiger charge is -2.41. The van der Waals surface area contributed by atoms with Crippen LogP contribution in [0.25, 0.3) is 0 Å². The van der Waals surface area contributed by atoms with Gasteiger partial charge in [0.2, 0.25) is 11.8 Å². The van der Waals surface area contributed by atoms with Crippen LogP contribution in [0.4, 0.5) is 11.4 Å². The highest BCUT2D eigenvalue weighted by Gasteiger charge is 2.74. The molecule has 0 bridgehead atoms. The largest absolute Gasteiger partial charge is 0.394 e. The first-order chi connectivity index (χ1) is 20.1. The van der Waals surface area contributed by atoms with E-state index in [-0.39, 0.29) is 30.2 Å². The van der Waals surface area contributed by atoms with Crippen molar-refractivity contribution < 1.29 is 19.5 Å². The van der Waals surface area contributed by atoms with Crippen LogP contribution in [0.3, 0.4) is 0 Å². The molecule has 42 heavy (non-hydrogen) atoms. The maximum atomic E-state index is 14.8. The third-order valence-corrected chi connectivity index (χ3v) is 11.5. The molecule has 1 aromatic rings. The van der Waals surface area contributed by atoms with Crippen LogP contribution in [0.15, 0.2) is 48.6 Å². The molecule has 8 nitrogen and oxygen atoms in total. The van der Waals surface area contributed by atoms with Gasteiger partial charge < -0.3 is 24.7 Å². The number of hydrogen-bond acceptors (Lipinski definition) is 6. The molecule has 5 rings (SSSR count). The molecule has 0 saturated carbocycles. The molecule has 1 unspecified atom stereocenters. The van der Waals surface area contributed by atoms with Crippen LogP contribution in [-0.4, -0.2) is 93.5 Å². The minimum atomic E-state index is -0.930. The van der Waals surface area contributed by atoms with Crippen molar-refractivity contribution in [3.63, 3.8) is 0 Å². The summed E-state index contributed by atoms with van der Waals surface area (Å²) in [6.07, 6.45) is 9.02. The zero-order valence-electron chi connectivity index (χ0n) is 25.8. The van der Waals surface area contributed by atoms with Crippen LogP contribution in [-0.2, 0) is 14.4 Å². The Bertz CT molecular complexity index is 1260. The number of thioether (sulfide) groups is 1. The number of likely N-dealkylation sites (tertiary alicyclic amines) is 1. The first kappa shape index (κ1) is 30.7. The van der Waals surface area contributed by atoms with Gasteiger partial charge in [-0.1, -0.05) is 45.1 Å². The van der Waals surface area contributed by atoms with Crippen LogP contribution in [0, 0.1) is 17.8 Å². The van der Waals surface area contributed by atoms with Gasteiger partial charge >= 0.3 is 0 Å². The number of carbonyl (C=O) groups excluding carboxylic acids is 3. The quantitative estimate of drug-likeness (QED) is 0.436. The van der Waals surface area contributed by atoms with E-state index >= 15 is 0 Å². The number of amides is 3. The SMILES string of the molecule is CCCN1CC=C[C@@]2(C)S[C@]34C=CCN(c5ccc(N(CC)CC)cc5)C(=O)C3N([C@@H](CO)C(C)C)C(=O)[C@@H]4[C@H]2C1=O. The van der Waals surface area contributed by atoms with Gasteiger partial charge in [-0.2, -0.15) is 0 Å². The number of anilines is 2. The topological polar surface area (TPSA) is 84.4 Å². The van der Waals surface area contributed by atoms with Gasteiger partial charge in [0.25, 0.3) is 5.91 Å². The highest BCUT2D eigenvalue weighted by molar-refractivity contribution is 8.02. The molecule has 0 aromatic heterocycles. The van der Waals surface area contributed by atoms with Gasteiger partial charge in [-0.15, -0.1) is 11.8 Å². The highest BCUT2D eigenvalue weighted by Crippen LogP contribution is 2.66. The Morgan fingerprint density at radius 2 is 1.62 bits per heavy atom. The lowest BCUT2D eigenvalue weighted by molar-refractivity contribution is -0.146. The van der Waals surface area contributed by atoms with Crippen molar-refractivity contribution in [2.45, 2.75) is 69.5 Å². The number of fused-ring (bicyclic) bond motifs is 2. The Kier molecular flexibility index (Phi) is 8.56. The van der Waals surface area contributed by atoms with E-state index in [2.05, 4.69) is 31.7 Å². The Hall–Kier alpha value is -2.78. The van der Waals surface area contributed by atoms with Gasteiger partial charge in [0.1, 0.15) is 6.04 Å². The molecule has 2 fully saturated rings. The van der Waals surface area contributed by atoms with Gasteiger partial charge in [-0.05, 0) is 57.4 Å². The fourth-order valence-corrected chi connectivity index (χ4v) is 9.77. The van der Waals surface area contributed by atoms with Crippen molar-refractivity contribution in [2.75, 3.05) is 49.1 Å². The molecule has 3 amide bonds. The summed E-state index contributed by atoms with van der Waals surface area (Å²) in [5.41, 5.74) is 1.87. The number of rotatable bonds is 9. The van der Waals surface area contributed by atoms with Crippen molar-refractivity contribution in [3.05, 3.63) is 48.6 Å². The molecule has 4 aliphatic rings. The smallest absolute Gasteiger partial charge is 0.251 e. The number of nitrogens with zero attached hydrogens (tertiary/aromatic N) is 4. The third-order valence-electron chi connectivity index (χ3n) is 9.68. The molecule has 0 radical (unpaired) electrons. The third kappa shape index (κ3) is 4.67. The maximum Gasteiger partial charge on any atom is 0.251 e. The number of aliphatic hydroxyl groups is 1. The van der Waals surface area contributed by atoms with E-state index < -0.39 is 33.4 Å². The lowest BCUT2D eigenvalue weighted by atomic mass is 9.74. The second-order valence-corrected chi connectivity index (χ2v) is 14.3. The van der Waals surface area contributed by atoms with E-state index in [0.29, 0.717) is 19.6 Å². The molecule has 1 aromatic carbocycles. The van der Waals surface area contributed by atoms with Crippen molar-refractivity contribution >= 4 is 40.9 Å². The van der Waals surface area contributed by atoms with Crippen molar-refractivity contribution in [3.8, 4) is 0 Å². The van der Waals surface area contributed by atoms with E-state index in [1.165, 1.54) is 0 Å². The van der Waals surface area contributed by atoms with Crippen LogP contribution in [0.5, 0.6) is 0 Å². The Labute approximate surface area is 254 Å². The van der Waals surface area contributed by atoms with E-state index in [1.807, 2.05) is 68.2 Å². The molecule has 228 valence electrons. The fraction of sp³-hybridized carbons (Fsp3) is 0.606. The zero-order chi connectivity index (χ0) is 30.4. The normalized spacial score (nSPS) is 31.3. The van der Waals surface area contributed by atoms with E-state index in [4.69, 9.17) is 0 Å². The molecule has 1 spiro atoms. The monoisotopic (exact) mass is 594 g/mol. The molecule has 1 N–H and O–H groups in total. The van der Waals surface area contributed by atoms with E-state index in [9.17, 15) is 19.5 Å². The van der Waals surface area contributed by atoms with Gasteiger partial charge in [0, 0.05) is 48.8 Å². The summed E-state index contributed by atoms with van der Waals surface area (Å²) in [4.78, 5) is 51.2. The van der Waals surface area contributed by atoms with Crippen molar-refractivity contribution in [2.24, 2.45) is 17.8 Å². The molecule has 0 aliphatic carbocycles. The fourth-order valence-electron chi connectivity index (χ4n) is 7.62. The number of carbonyl (C=O) groups is 3. The number of benzene rings is 1. The van der Waals surface area contributed by atoms with Gasteiger partial charge in [0.05, 0.1) is 29.2 Å². The summed E-state index contributed by atoms with van der Waals surface area (Å²) in [6, 6.07) is 6.65. The Balaban J connectivity index is 1.62. The Morgan fingerprint density at radius 3 is 2.21 bits per heavy atom. The minimum absolute atomic E-state index is 0.0216. The van der Waals surface area contributed by atoms with Gasteiger partial charge in [-0.25, -0.2) is 0 Å². The van der Waals surface area contributed by atoms with Crippen molar-refractivity contribution in [1.82, 2.24) is 9.80 Å². The molecule has 6 atom stereocenters. The molecule has 4 aliphatic heterocycles. The number of hydrogen-bond donors (Lipinski definition) is 1. The van der Waals surface area contributed by atoms with Crippen molar-refractivity contribution in [1.29, 1.82) is 0 Å². The zero-order valence-corrected chi connectivity index (χ0v) is 26.6. The first-order valence-corrected chi connectivity index (χ1v) is 16.3. The molecule has 9 heteroatoms. The minimum Gasteiger partial charge on any atom is -0.394 e. The highest BCUT2D eigenvalue weighted by atomic mass is 32.2. The summed E-state index contributed by atoms with van der Waals surface area (Å²) in [7, 11) is 0. The second kappa shape index (κ2) is 11.7. The Morgan fingerprint density at radius 1 is 0.952 bits per heavy atom. The van der Waals surface area contributed by atoms with Gasteiger partial charge in [-0.3, -0.25) is 14.4 Å². The summed E-state index contributed by atoms with van der Waals surface area (Å²) in [5, 5.41) is 10.6. The van der Waals surface area contributed by atoms with E-state index in [0.717, 1.165) is 30.9 Å². The molecular formula is C33H46N4O4S. The first-order valence-electron chi connectivity index (χ1n) is 15.5. The average Bonchev–Trinajstić information content (AvgIpc) is 3.23. The predicted octanol–water partition coefficient (Wildman–Crippen LogP) is 3.95. The lowest BCUT2D eigenvalue weighted by Crippen LogP contribution is -2.58. The molecule has 2 saturated heterocycles. The second-order valence-electron chi connectivity index (χ2n) is 12.5. The summed E-state index contributed by atoms with van der Waals surface area (Å²) < 4.78 is -1.57. The van der Waals surface area contributed by atoms with Crippen LogP contribution < -0.4 is 9.80 Å². The summed E-state index contributed by atoms with van der Waals surface area (Å²) in [5.74, 6) is -1.77. The standard InChI is InChI=1S/C33H46N4O4S/c1-7-18-35-19-10-16-32(6)26(29(35)39)27-30(40)37(25(21-38)22(4)5)28-31(41)36(20-11-17-33(27,28)42-32)24-14-12-23(13-15-24)34(8-2)9-3/h10-17,22,25-28,38H,7-9,18-21H2,1-6H3/t25-,26-,27-,28?,32+,33-/m0/s1. The maximum absolute atomic E-state index is 14.8.